The van der Waals surface area contributed by atoms with Gasteiger partial charge in [-0.1, -0.05) is 0 Å². The second-order valence-electron chi connectivity index (χ2n) is 4.83. The first-order valence-corrected chi connectivity index (χ1v) is 6.12. The lowest BCUT2D eigenvalue weighted by Gasteiger charge is -2.14. The van der Waals surface area contributed by atoms with Crippen molar-refractivity contribution in [2.24, 2.45) is 0 Å². The van der Waals surface area contributed by atoms with Gasteiger partial charge in [-0.2, -0.15) is 0 Å². The average Bonchev–Trinajstić information content (AvgIpc) is 2.74. The number of carbonyl (C=O) groups excluding carboxylic acids is 1. The van der Waals surface area contributed by atoms with E-state index in [0.29, 0.717) is 6.54 Å². The smallest absolute Gasteiger partial charge is 0.293 e. The number of benzene rings is 1. The molecular weight excluding hydrogens is 267 g/mol. The Morgan fingerprint density at radius 1 is 1.60 bits per heavy atom. The monoisotopic (exact) mass is 282 g/mol. The van der Waals surface area contributed by atoms with E-state index in [1.54, 1.807) is 0 Å². The maximum atomic E-state index is 13.7. The number of nitrogen functional groups attached to an aromatic ring is 1. The number of halogens is 1. The predicted octanol–water partition coefficient (Wildman–Crippen LogP) is 0.750. The number of likely N-dealkylation sites (N-methyl/N-ethyl adjacent to an activating group) is 1. The molecule has 3 N–H and O–H groups in total. The Morgan fingerprint density at radius 2 is 2.30 bits per heavy atom. The van der Waals surface area contributed by atoms with Gasteiger partial charge >= 0.3 is 0 Å². The van der Waals surface area contributed by atoms with Gasteiger partial charge in [-0.05, 0) is 26.1 Å². The van der Waals surface area contributed by atoms with Crippen LogP contribution in [-0.4, -0.2) is 41.9 Å². The summed E-state index contributed by atoms with van der Waals surface area (Å²) in [5.41, 5.74) is 4.15. The molecule has 0 spiro atoms. The highest BCUT2D eigenvalue weighted by Gasteiger charge is 2.27. The molecule has 2 rings (SSSR count). The Morgan fingerprint density at radius 3 is 2.85 bits per heavy atom. The Kier molecular flexibility index (Phi) is 3.84. The molecule has 0 saturated carbocycles. The molecule has 1 atom stereocenters. The number of hydrogen-bond acceptors (Lipinski definition) is 5. The minimum absolute atomic E-state index is 0.106. The first-order chi connectivity index (χ1) is 9.40. The van der Waals surface area contributed by atoms with Crippen LogP contribution in [0.2, 0.25) is 0 Å². The second-order valence-corrected chi connectivity index (χ2v) is 4.83. The lowest BCUT2D eigenvalue weighted by molar-refractivity contribution is -0.384. The standard InChI is InChI=1S/C12H15FN4O3/c1-16-5-4-7(6-16)15-12(18)10-8(13)2-3-9(11(10)14)17(19)20/h2-3,7H,4-6,14H2,1H3,(H,15,18). The van der Waals surface area contributed by atoms with Crippen molar-refractivity contribution in [1.29, 1.82) is 0 Å². The van der Waals surface area contributed by atoms with Gasteiger partial charge < -0.3 is 16.0 Å². The van der Waals surface area contributed by atoms with Gasteiger partial charge in [0.1, 0.15) is 17.1 Å². The Hall–Kier alpha value is -2.22. The van der Waals surface area contributed by atoms with Crippen LogP contribution in [0.15, 0.2) is 12.1 Å². The molecule has 8 heteroatoms. The summed E-state index contributed by atoms with van der Waals surface area (Å²) in [6.07, 6.45) is 0.749. The summed E-state index contributed by atoms with van der Waals surface area (Å²) in [7, 11) is 1.91. The fourth-order valence-corrected chi connectivity index (χ4v) is 2.28. The number of carbonyl (C=O) groups is 1. The largest absolute Gasteiger partial charge is 0.392 e. The van der Waals surface area contributed by atoms with Crippen molar-refractivity contribution < 1.29 is 14.1 Å². The number of nitro benzene ring substituents is 1. The summed E-state index contributed by atoms with van der Waals surface area (Å²) in [5, 5.41) is 13.4. The summed E-state index contributed by atoms with van der Waals surface area (Å²) >= 11 is 0. The molecule has 1 aliphatic rings. The van der Waals surface area contributed by atoms with Crippen LogP contribution in [-0.2, 0) is 0 Å². The number of hydrogen-bond donors (Lipinski definition) is 2. The van der Waals surface area contributed by atoms with Crippen molar-refractivity contribution in [2.45, 2.75) is 12.5 Å². The predicted molar refractivity (Wildman–Crippen MR) is 70.8 cm³/mol. The number of nitrogens with one attached hydrogen (secondary N) is 1. The maximum Gasteiger partial charge on any atom is 0.293 e. The molecule has 0 radical (unpaired) electrons. The number of nitrogens with zero attached hydrogens (tertiary/aromatic N) is 2. The number of nitro groups is 1. The van der Waals surface area contributed by atoms with Gasteiger partial charge in [0.25, 0.3) is 11.6 Å². The van der Waals surface area contributed by atoms with E-state index in [1.165, 1.54) is 0 Å². The fraction of sp³-hybridized carbons (Fsp3) is 0.417. The maximum absolute atomic E-state index is 13.7. The quantitative estimate of drug-likeness (QED) is 0.484. The summed E-state index contributed by atoms with van der Waals surface area (Å²) in [6, 6.07) is 1.72. The molecule has 1 aromatic carbocycles. The number of amides is 1. The minimum atomic E-state index is -0.864. The van der Waals surface area contributed by atoms with E-state index in [9.17, 15) is 19.3 Å². The first-order valence-electron chi connectivity index (χ1n) is 6.12. The molecule has 1 heterocycles. The van der Waals surface area contributed by atoms with Crippen molar-refractivity contribution in [3.63, 3.8) is 0 Å². The van der Waals surface area contributed by atoms with Crippen LogP contribution >= 0.6 is 0 Å². The molecule has 0 bridgehead atoms. The van der Waals surface area contributed by atoms with E-state index in [-0.39, 0.29) is 6.04 Å². The van der Waals surface area contributed by atoms with Crippen molar-refractivity contribution in [3.05, 3.63) is 33.6 Å². The molecule has 1 fully saturated rings. The van der Waals surface area contributed by atoms with E-state index in [0.717, 1.165) is 25.1 Å². The summed E-state index contributed by atoms with van der Waals surface area (Å²) in [5.74, 6) is -1.58. The Labute approximate surface area is 114 Å². The Balaban J connectivity index is 2.25. The van der Waals surface area contributed by atoms with E-state index in [1.807, 2.05) is 11.9 Å². The van der Waals surface area contributed by atoms with Crippen molar-refractivity contribution >= 4 is 17.3 Å². The molecule has 1 aromatic rings. The van der Waals surface area contributed by atoms with E-state index >= 15 is 0 Å². The fourth-order valence-electron chi connectivity index (χ4n) is 2.28. The molecule has 20 heavy (non-hydrogen) atoms. The second kappa shape index (κ2) is 5.41. The molecule has 1 amide bonds. The van der Waals surface area contributed by atoms with E-state index in [2.05, 4.69) is 5.32 Å². The van der Waals surface area contributed by atoms with Crippen LogP contribution in [0.1, 0.15) is 16.8 Å². The topological polar surface area (TPSA) is 102 Å². The van der Waals surface area contributed by atoms with Gasteiger partial charge in [-0.25, -0.2) is 4.39 Å². The lowest BCUT2D eigenvalue weighted by Crippen LogP contribution is -2.37. The minimum Gasteiger partial charge on any atom is -0.392 e. The van der Waals surface area contributed by atoms with Crippen molar-refractivity contribution in [1.82, 2.24) is 10.2 Å². The van der Waals surface area contributed by atoms with Crippen LogP contribution in [0, 0.1) is 15.9 Å². The van der Waals surface area contributed by atoms with Crippen molar-refractivity contribution in [2.75, 3.05) is 25.9 Å². The van der Waals surface area contributed by atoms with Crippen LogP contribution in [0.5, 0.6) is 0 Å². The first kappa shape index (κ1) is 14.2. The highest BCUT2D eigenvalue weighted by atomic mass is 19.1. The van der Waals surface area contributed by atoms with Gasteiger partial charge in [0, 0.05) is 18.7 Å². The normalized spacial score (nSPS) is 19.0. The number of anilines is 1. The molecular formula is C12H15FN4O3. The average molecular weight is 282 g/mol. The van der Waals surface area contributed by atoms with Gasteiger partial charge in [0.15, 0.2) is 0 Å². The van der Waals surface area contributed by atoms with E-state index in [4.69, 9.17) is 5.73 Å². The number of likely N-dealkylation sites (tertiary alicyclic amines) is 1. The van der Waals surface area contributed by atoms with Crippen LogP contribution in [0.3, 0.4) is 0 Å². The van der Waals surface area contributed by atoms with Crippen LogP contribution < -0.4 is 11.1 Å². The third kappa shape index (κ3) is 2.69. The zero-order valence-electron chi connectivity index (χ0n) is 10.9. The molecule has 1 saturated heterocycles. The zero-order chi connectivity index (χ0) is 14.9. The zero-order valence-corrected chi connectivity index (χ0v) is 10.9. The third-order valence-corrected chi connectivity index (χ3v) is 3.32. The molecule has 1 unspecified atom stereocenters. The molecule has 0 aliphatic carbocycles. The molecule has 108 valence electrons. The van der Waals surface area contributed by atoms with E-state index < -0.39 is 33.6 Å². The SMILES string of the molecule is CN1CCC(NC(=O)c2c(F)ccc([N+](=O)[O-])c2N)C1. The van der Waals surface area contributed by atoms with Gasteiger partial charge in [0.05, 0.1) is 4.92 Å². The molecule has 0 aromatic heterocycles. The Bertz CT molecular complexity index is 564. The molecule has 1 aliphatic heterocycles. The van der Waals surface area contributed by atoms with Gasteiger partial charge in [-0.3, -0.25) is 14.9 Å². The van der Waals surface area contributed by atoms with Gasteiger partial charge in [-0.15, -0.1) is 0 Å². The highest BCUT2D eigenvalue weighted by Crippen LogP contribution is 2.27. The van der Waals surface area contributed by atoms with Crippen molar-refractivity contribution in [3.8, 4) is 0 Å². The van der Waals surface area contributed by atoms with Crippen LogP contribution in [0.4, 0.5) is 15.8 Å². The van der Waals surface area contributed by atoms with Crippen LogP contribution in [0.25, 0.3) is 0 Å². The molecule has 7 nitrogen and oxygen atoms in total. The number of nitrogens with two attached hydrogens (primary N) is 1. The third-order valence-electron chi connectivity index (χ3n) is 3.32. The summed E-state index contributed by atoms with van der Waals surface area (Å²) < 4.78 is 13.7. The number of rotatable bonds is 3. The lowest BCUT2D eigenvalue weighted by atomic mass is 10.1. The van der Waals surface area contributed by atoms with Gasteiger partial charge in [0.2, 0.25) is 0 Å². The summed E-state index contributed by atoms with van der Waals surface area (Å²) in [6.45, 7) is 1.49. The highest BCUT2D eigenvalue weighted by molar-refractivity contribution is 6.01. The summed E-state index contributed by atoms with van der Waals surface area (Å²) in [4.78, 5) is 24.1.